The van der Waals surface area contributed by atoms with E-state index >= 15 is 0 Å². The molecule has 0 fully saturated rings. The molecule has 1 N–H and O–H groups in total. The summed E-state index contributed by atoms with van der Waals surface area (Å²) in [6.45, 7) is 6.49. The van der Waals surface area contributed by atoms with Crippen molar-refractivity contribution in [2.24, 2.45) is 4.99 Å². The molecule has 1 aliphatic rings. The third kappa shape index (κ3) is 3.05. The van der Waals surface area contributed by atoms with Crippen LogP contribution in [0.15, 0.2) is 27.7 Å². The van der Waals surface area contributed by atoms with E-state index in [0.717, 1.165) is 27.5 Å². The first-order valence-electron chi connectivity index (χ1n) is 5.78. The maximum atomic E-state index is 4.74. The highest BCUT2D eigenvalue weighted by Crippen LogP contribution is 2.31. The number of aliphatic imine (C=N–C) groups is 1. The Morgan fingerprint density at radius 3 is 2.88 bits per heavy atom. The third-order valence-corrected chi connectivity index (χ3v) is 5.18. The van der Waals surface area contributed by atoms with Crippen molar-refractivity contribution < 1.29 is 0 Å². The lowest BCUT2D eigenvalue weighted by Crippen LogP contribution is -2.20. The quantitative estimate of drug-likeness (QED) is 0.873. The first-order chi connectivity index (χ1) is 8.02. The molecule has 1 heterocycles. The molecule has 17 heavy (non-hydrogen) atoms. The largest absolute Gasteiger partial charge is 0.335 e. The normalized spacial score (nSPS) is 23.6. The van der Waals surface area contributed by atoms with E-state index in [4.69, 9.17) is 4.99 Å². The van der Waals surface area contributed by atoms with Crippen molar-refractivity contribution in [3.63, 3.8) is 0 Å². The third-order valence-electron chi connectivity index (χ3n) is 3.06. The summed E-state index contributed by atoms with van der Waals surface area (Å²) >= 11 is 5.31. The maximum absolute atomic E-state index is 4.74. The number of hydrogen-bond acceptors (Lipinski definition) is 3. The summed E-state index contributed by atoms with van der Waals surface area (Å²) in [7, 11) is 0. The van der Waals surface area contributed by atoms with Crippen LogP contribution in [0.1, 0.15) is 25.8 Å². The Labute approximate surface area is 115 Å². The summed E-state index contributed by atoms with van der Waals surface area (Å²) < 4.78 is 1.14. The highest BCUT2D eigenvalue weighted by Gasteiger charge is 2.28. The molecule has 0 saturated carbocycles. The maximum Gasteiger partial charge on any atom is 0.161 e. The van der Waals surface area contributed by atoms with Crippen LogP contribution in [0.4, 0.5) is 5.69 Å². The number of nitrogens with one attached hydrogen (secondary N) is 1. The lowest BCUT2D eigenvalue weighted by Gasteiger charge is -2.15. The van der Waals surface area contributed by atoms with Gasteiger partial charge in [0.2, 0.25) is 0 Å². The molecule has 1 aliphatic heterocycles. The average Bonchev–Trinajstić information content (AvgIpc) is 2.67. The van der Waals surface area contributed by atoms with Gasteiger partial charge in [-0.1, -0.05) is 34.6 Å². The highest BCUT2D eigenvalue weighted by molar-refractivity contribution is 9.10. The second kappa shape index (κ2) is 5.02. The topological polar surface area (TPSA) is 24.4 Å². The van der Waals surface area contributed by atoms with Crippen molar-refractivity contribution in [2.75, 3.05) is 11.1 Å². The van der Waals surface area contributed by atoms with Crippen molar-refractivity contribution in [2.45, 2.75) is 32.7 Å². The van der Waals surface area contributed by atoms with Crippen LogP contribution in [-0.4, -0.2) is 16.5 Å². The molecule has 1 atom stereocenters. The Kier molecular flexibility index (Phi) is 3.83. The molecule has 0 spiro atoms. The number of amidine groups is 1. The SMILES string of the molecule is CCC1(C)CSC(Nc2ccc(Br)c(C)c2)=N1. The fraction of sp³-hybridized carbons (Fsp3) is 0.462. The predicted molar refractivity (Wildman–Crippen MR) is 81.1 cm³/mol. The van der Waals surface area contributed by atoms with Gasteiger partial charge in [0.1, 0.15) is 0 Å². The van der Waals surface area contributed by atoms with E-state index in [0.29, 0.717) is 0 Å². The lowest BCUT2D eigenvalue weighted by atomic mass is 10.0. The van der Waals surface area contributed by atoms with Crippen LogP contribution in [0.5, 0.6) is 0 Å². The van der Waals surface area contributed by atoms with Crippen LogP contribution in [0.25, 0.3) is 0 Å². The molecule has 92 valence electrons. The summed E-state index contributed by atoms with van der Waals surface area (Å²) in [6, 6.07) is 6.27. The lowest BCUT2D eigenvalue weighted by molar-refractivity contribution is 0.523. The van der Waals surface area contributed by atoms with Crippen molar-refractivity contribution in [1.82, 2.24) is 0 Å². The molecule has 0 amide bonds. The van der Waals surface area contributed by atoms with Crippen LogP contribution in [0.3, 0.4) is 0 Å². The molecule has 2 rings (SSSR count). The number of aryl methyl sites for hydroxylation is 1. The monoisotopic (exact) mass is 312 g/mol. The fourth-order valence-electron chi connectivity index (χ4n) is 1.62. The number of rotatable bonds is 2. The fourth-order valence-corrected chi connectivity index (χ4v) is 3.06. The van der Waals surface area contributed by atoms with Gasteiger partial charge in [-0.05, 0) is 44.0 Å². The van der Waals surface area contributed by atoms with Gasteiger partial charge in [0, 0.05) is 15.9 Å². The Balaban J connectivity index is 2.12. The zero-order valence-electron chi connectivity index (χ0n) is 10.4. The van der Waals surface area contributed by atoms with E-state index in [1.54, 1.807) is 11.8 Å². The standard InChI is InChI=1S/C13H17BrN2S/c1-4-13(3)8-17-12(16-13)15-10-5-6-11(14)9(2)7-10/h5-7H,4,8H2,1-3H3,(H,15,16). The van der Waals surface area contributed by atoms with Crippen LogP contribution in [-0.2, 0) is 0 Å². The zero-order valence-corrected chi connectivity index (χ0v) is 12.8. The summed E-state index contributed by atoms with van der Waals surface area (Å²) in [6.07, 6.45) is 1.09. The molecule has 0 radical (unpaired) electrons. The first kappa shape index (κ1) is 13.0. The van der Waals surface area contributed by atoms with E-state index in [2.05, 4.69) is 60.2 Å². The Hall–Kier alpha value is -0.480. The van der Waals surface area contributed by atoms with Crippen LogP contribution >= 0.6 is 27.7 Å². The second-order valence-electron chi connectivity index (χ2n) is 4.65. The van der Waals surface area contributed by atoms with Gasteiger partial charge in [0.25, 0.3) is 0 Å². The van der Waals surface area contributed by atoms with E-state index in [9.17, 15) is 0 Å². The van der Waals surface area contributed by atoms with Crippen molar-refractivity contribution in [1.29, 1.82) is 0 Å². The Morgan fingerprint density at radius 1 is 1.53 bits per heavy atom. The number of thioether (sulfide) groups is 1. The number of nitrogens with zero attached hydrogens (tertiary/aromatic N) is 1. The van der Waals surface area contributed by atoms with Gasteiger partial charge < -0.3 is 5.32 Å². The van der Waals surface area contributed by atoms with Crippen molar-refractivity contribution >= 4 is 38.5 Å². The molecule has 2 nitrogen and oxygen atoms in total. The molecular weight excluding hydrogens is 296 g/mol. The van der Waals surface area contributed by atoms with Gasteiger partial charge in [-0.25, -0.2) is 0 Å². The summed E-state index contributed by atoms with van der Waals surface area (Å²) in [4.78, 5) is 4.74. The molecule has 0 aromatic heterocycles. The Bertz CT molecular complexity index is 459. The molecule has 0 saturated heterocycles. The number of anilines is 1. The van der Waals surface area contributed by atoms with Gasteiger partial charge in [0.15, 0.2) is 5.17 Å². The number of benzene rings is 1. The number of hydrogen-bond donors (Lipinski definition) is 1. The van der Waals surface area contributed by atoms with Gasteiger partial charge in [0.05, 0.1) is 5.54 Å². The van der Waals surface area contributed by atoms with Gasteiger partial charge in [-0.2, -0.15) is 0 Å². The van der Waals surface area contributed by atoms with E-state index in [1.165, 1.54) is 5.56 Å². The van der Waals surface area contributed by atoms with Crippen molar-refractivity contribution in [3.05, 3.63) is 28.2 Å². The number of halogens is 1. The minimum Gasteiger partial charge on any atom is -0.335 e. The molecule has 1 aromatic rings. The molecule has 1 unspecified atom stereocenters. The molecule has 0 aliphatic carbocycles. The first-order valence-corrected chi connectivity index (χ1v) is 7.56. The highest BCUT2D eigenvalue weighted by atomic mass is 79.9. The average molecular weight is 313 g/mol. The molecule has 1 aromatic carbocycles. The van der Waals surface area contributed by atoms with Crippen molar-refractivity contribution in [3.8, 4) is 0 Å². The second-order valence-corrected chi connectivity index (χ2v) is 6.46. The summed E-state index contributed by atoms with van der Waals surface area (Å²) in [5, 5.41) is 4.43. The van der Waals surface area contributed by atoms with Gasteiger partial charge in [-0.3, -0.25) is 4.99 Å². The zero-order chi connectivity index (χ0) is 12.5. The summed E-state index contributed by atoms with van der Waals surface area (Å²) in [5.74, 6) is 1.07. The minimum absolute atomic E-state index is 0.109. The van der Waals surface area contributed by atoms with E-state index < -0.39 is 0 Å². The summed E-state index contributed by atoms with van der Waals surface area (Å²) in [5.41, 5.74) is 2.45. The van der Waals surface area contributed by atoms with Crippen LogP contribution in [0.2, 0.25) is 0 Å². The molecule has 0 bridgehead atoms. The van der Waals surface area contributed by atoms with Gasteiger partial charge >= 0.3 is 0 Å². The molecular formula is C13H17BrN2S. The van der Waals surface area contributed by atoms with Crippen LogP contribution < -0.4 is 5.32 Å². The van der Waals surface area contributed by atoms with Crippen LogP contribution in [0, 0.1) is 6.92 Å². The van der Waals surface area contributed by atoms with E-state index in [-0.39, 0.29) is 5.54 Å². The minimum atomic E-state index is 0.109. The predicted octanol–water partition coefficient (Wildman–Crippen LogP) is 4.44. The smallest absolute Gasteiger partial charge is 0.161 e. The Morgan fingerprint density at radius 2 is 2.29 bits per heavy atom. The van der Waals surface area contributed by atoms with E-state index in [1.807, 2.05) is 0 Å². The van der Waals surface area contributed by atoms with Gasteiger partial charge in [-0.15, -0.1) is 0 Å². The molecule has 4 heteroatoms.